The third-order valence-electron chi connectivity index (χ3n) is 6.06. The number of carbonyl (C=O) groups is 4. The van der Waals surface area contributed by atoms with Gasteiger partial charge in [0.15, 0.2) is 5.82 Å². The van der Waals surface area contributed by atoms with Gasteiger partial charge in [-0.2, -0.15) is 4.98 Å². The van der Waals surface area contributed by atoms with E-state index in [2.05, 4.69) is 31.2 Å². The molecular formula is C24H32N8O7. The molecule has 1 saturated heterocycles. The van der Waals surface area contributed by atoms with Crippen molar-refractivity contribution in [2.24, 2.45) is 0 Å². The molecule has 0 spiro atoms. The van der Waals surface area contributed by atoms with Crippen molar-refractivity contribution in [2.45, 2.75) is 37.8 Å². The molecule has 0 saturated carbocycles. The summed E-state index contributed by atoms with van der Waals surface area (Å²) >= 11 is 0. The van der Waals surface area contributed by atoms with Gasteiger partial charge in [-0.15, -0.1) is 0 Å². The van der Waals surface area contributed by atoms with E-state index in [1.807, 2.05) is 7.05 Å². The van der Waals surface area contributed by atoms with Gasteiger partial charge in [0.05, 0.1) is 6.04 Å². The smallest absolute Gasteiger partial charge is 0.326 e. The molecule has 0 aliphatic carbocycles. The quantitative estimate of drug-likeness (QED) is 0.208. The predicted molar refractivity (Wildman–Crippen MR) is 143 cm³/mol. The number of nitrogens with zero attached hydrogens (tertiary/aromatic N) is 2. The number of likely N-dealkylation sites (tertiary alicyclic amines) is 1. The summed E-state index contributed by atoms with van der Waals surface area (Å²) < 4.78 is 0. The van der Waals surface area contributed by atoms with Gasteiger partial charge in [0, 0.05) is 50.8 Å². The number of nitrogens with one attached hydrogen (secondary N) is 5. The average Bonchev–Trinajstić information content (AvgIpc) is 3.27. The first-order chi connectivity index (χ1) is 18.5. The lowest BCUT2D eigenvalue weighted by Gasteiger charge is -2.27. The number of hydrogen-bond acceptors (Lipinski definition) is 10. The monoisotopic (exact) mass is 544 g/mol. The van der Waals surface area contributed by atoms with Gasteiger partial charge in [-0.05, 0) is 37.1 Å². The maximum Gasteiger partial charge on any atom is 0.326 e. The van der Waals surface area contributed by atoms with Crippen LogP contribution < -0.4 is 32.6 Å². The fourth-order valence-corrected chi connectivity index (χ4v) is 3.88. The van der Waals surface area contributed by atoms with Crippen LogP contribution in [0.5, 0.6) is 0 Å². The van der Waals surface area contributed by atoms with Crippen LogP contribution in [0.4, 0.5) is 23.1 Å². The van der Waals surface area contributed by atoms with Gasteiger partial charge >= 0.3 is 11.9 Å². The van der Waals surface area contributed by atoms with Crippen molar-refractivity contribution in [3.05, 3.63) is 40.2 Å². The number of nitrogens with two attached hydrogens (primary N) is 1. The average molecular weight is 545 g/mol. The number of aromatic nitrogens is 2. The molecule has 15 heteroatoms. The van der Waals surface area contributed by atoms with Gasteiger partial charge in [-0.3, -0.25) is 24.2 Å². The SMILES string of the molecule is CN1CCCC1=O.Nc1nc2c(c(=O)[nH]1)N[C@H](CNc1ccc(C(=O)N[C@@H](CCC(=O)O)C(=O)O)cc1)CN2. The number of H-pyrrole nitrogens is 1. The Kier molecular flexibility index (Phi) is 9.67. The van der Waals surface area contributed by atoms with Gasteiger partial charge < -0.3 is 42.1 Å². The lowest BCUT2D eigenvalue weighted by molar-refractivity contribution is -0.140. The first-order valence-electron chi connectivity index (χ1n) is 12.3. The molecule has 0 bridgehead atoms. The van der Waals surface area contributed by atoms with Gasteiger partial charge in [0.25, 0.3) is 11.5 Å². The van der Waals surface area contributed by atoms with Crippen LogP contribution in [0.3, 0.4) is 0 Å². The summed E-state index contributed by atoms with van der Waals surface area (Å²) in [4.78, 5) is 64.9. The standard InChI is InChI=1S/C19H23N7O6.C5H9NO/c20-19-25-15-14(17(30)26-19)23-11(8-22-15)7-21-10-3-1-9(2-4-10)16(29)24-12(18(31)32)5-6-13(27)28;1-6-4-2-3-5(6)7/h1-4,11-12,21,23H,5-8H2,(H,24,29)(H,27,28)(H,31,32)(H4,20,22,25,26,30);2-4H2,1H3/t11-,12+;/m1./s1. The molecule has 2 aliphatic heterocycles. The fourth-order valence-electron chi connectivity index (χ4n) is 3.88. The zero-order chi connectivity index (χ0) is 28.5. The van der Waals surface area contributed by atoms with Crippen LogP contribution in [0, 0.1) is 0 Å². The van der Waals surface area contributed by atoms with E-state index in [0.717, 1.165) is 19.4 Å². The lowest BCUT2D eigenvalue weighted by Crippen LogP contribution is -2.41. The van der Waals surface area contributed by atoms with Crippen LogP contribution in [-0.2, 0) is 14.4 Å². The zero-order valence-electron chi connectivity index (χ0n) is 21.3. The van der Waals surface area contributed by atoms with E-state index in [0.29, 0.717) is 36.2 Å². The third-order valence-corrected chi connectivity index (χ3v) is 6.06. The molecule has 3 heterocycles. The van der Waals surface area contributed by atoms with Crippen LogP contribution in [0.25, 0.3) is 0 Å². The molecule has 9 N–H and O–H groups in total. The molecule has 2 aromatic rings. The zero-order valence-corrected chi connectivity index (χ0v) is 21.3. The Balaban J connectivity index is 0.000000520. The Hall–Kier alpha value is -4.82. The van der Waals surface area contributed by atoms with Crippen molar-refractivity contribution >= 4 is 46.9 Å². The Morgan fingerprint density at radius 2 is 1.92 bits per heavy atom. The van der Waals surface area contributed by atoms with Gasteiger partial charge in [0.2, 0.25) is 11.9 Å². The number of carbonyl (C=O) groups excluding carboxylic acids is 2. The number of hydrogen-bond donors (Lipinski definition) is 8. The van der Waals surface area contributed by atoms with Crippen molar-refractivity contribution in [2.75, 3.05) is 48.4 Å². The molecule has 4 rings (SSSR count). The minimum absolute atomic E-state index is 0.0281. The number of benzene rings is 1. The number of aliphatic carboxylic acids is 2. The van der Waals surface area contributed by atoms with Crippen LogP contribution >= 0.6 is 0 Å². The number of aromatic amines is 1. The van der Waals surface area contributed by atoms with E-state index >= 15 is 0 Å². The highest BCUT2D eigenvalue weighted by molar-refractivity contribution is 5.97. The van der Waals surface area contributed by atoms with Crippen LogP contribution in [0.2, 0.25) is 0 Å². The molecule has 210 valence electrons. The Morgan fingerprint density at radius 3 is 2.49 bits per heavy atom. The van der Waals surface area contributed by atoms with Crippen LogP contribution in [0.1, 0.15) is 36.0 Å². The summed E-state index contributed by atoms with van der Waals surface area (Å²) in [6.07, 6.45) is 1.22. The predicted octanol–water partition coefficient (Wildman–Crippen LogP) is -0.0434. The molecular weight excluding hydrogens is 512 g/mol. The summed E-state index contributed by atoms with van der Waals surface area (Å²) in [6, 6.07) is 4.93. The number of fused-ring (bicyclic) bond motifs is 1. The Bertz CT molecular complexity index is 1260. The van der Waals surface area contributed by atoms with E-state index < -0.39 is 23.9 Å². The van der Waals surface area contributed by atoms with Crippen LogP contribution in [0.15, 0.2) is 29.1 Å². The topological polar surface area (TPSA) is 232 Å². The highest BCUT2D eigenvalue weighted by atomic mass is 16.4. The van der Waals surface area contributed by atoms with E-state index in [9.17, 15) is 24.0 Å². The molecule has 2 amide bonds. The summed E-state index contributed by atoms with van der Waals surface area (Å²) in [6.45, 7) is 1.92. The maximum atomic E-state index is 12.3. The lowest BCUT2D eigenvalue weighted by atomic mass is 10.1. The molecule has 39 heavy (non-hydrogen) atoms. The fraction of sp³-hybridized carbons (Fsp3) is 0.417. The number of anilines is 4. The highest BCUT2D eigenvalue weighted by Gasteiger charge is 2.23. The van der Waals surface area contributed by atoms with Gasteiger partial charge in [0.1, 0.15) is 11.7 Å². The number of carboxylic acid groups (broad SMARTS) is 2. The first-order valence-corrected chi connectivity index (χ1v) is 12.3. The summed E-state index contributed by atoms with van der Waals surface area (Å²) in [7, 11) is 1.84. The van der Waals surface area contributed by atoms with Crippen molar-refractivity contribution in [3.8, 4) is 0 Å². The largest absolute Gasteiger partial charge is 0.481 e. The van der Waals surface area contributed by atoms with E-state index in [-0.39, 0.29) is 36.0 Å². The van der Waals surface area contributed by atoms with Crippen molar-refractivity contribution in [1.82, 2.24) is 20.2 Å². The number of carboxylic acids is 2. The molecule has 2 atom stereocenters. The number of rotatable bonds is 9. The van der Waals surface area contributed by atoms with Gasteiger partial charge in [-0.25, -0.2) is 4.79 Å². The third kappa shape index (κ3) is 8.34. The van der Waals surface area contributed by atoms with Gasteiger partial charge in [-0.1, -0.05) is 0 Å². The summed E-state index contributed by atoms with van der Waals surface area (Å²) in [5.74, 6) is -2.35. The normalized spacial score (nSPS) is 16.5. The highest BCUT2D eigenvalue weighted by Crippen LogP contribution is 2.20. The number of amides is 2. The molecule has 0 radical (unpaired) electrons. The maximum absolute atomic E-state index is 12.3. The molecule has 15 nitrogen and oxygen atoms in total. The van der Waals surface area contributed by atoms with E-state index in [1.54, 1.807) is 17.0 Å². The second kappa shape index (κ2) is 13.1. The summed E-state index contributed by atoms with van der Waals surface area (Å²) in [5, 5.41) is 29.5. The second-order valence-corrected chi connectivity index (χ2v) is 9.07. The second-order valence-electron chi connectivity index (χ2n) is 9.07. The van der Waals surface area contributed by atoms with Crippen molar-refractivity contribution in [1.29, 1.82) is 0 Å². The van der Waals surface area contributed by atoms with E-state index in [4.69, 9.17) is 15.9 Å². The molecule has 1 aromatic carbocycles. The minimum atomic E-state index is -1.30. The Labute approximate surface area is 223 Å². The minimum Gasteiger partial charge on any atom is -0.481 e. The first kappa shape index (κ1) is 28.7. The van der Waals surface area contributed by atoms with Crippen molar-refractivity contribution in [3.63, 3.8) is 0 Å². The molecule has 2 aliphatic rings. The Morgan fingerprint density at radius 1 is 1.21 bits per heavy atom. The molecule has 0 unspecified atom stereocenters. The van der Waals surface area contributed by atoms with Crippen LogP contribution in [-0.4, -0.2) is 87.6 Å². The summed E-state index contributed by atoms with van der Waals surface area (Å²) in [5.41, 5.74) is 6.40. The van der Waals surface area contributed by atoms with Crippen molar-refractivity contribution < 1.29 is 29.4 Å². The van der Waals surface area contributed by atoms with E-state index in [1.165, 1.54) is 12.1 Å². The molecule has 1 aromatic heterocycles. The molecule has 1 fully saturated rings. The number of nitrogen functional groups attached to an aromatic ring is 1.